The Labute approximate surface area is 125 Å². The maximum absolute atomic E-state index is 12.3. The molecular formula is C10H14ClN3O2S3. The molecule has 0 unspecified atom stereocenters. The lowest BCUT2D eigenvalue weighted by Gasteiger charge is -2.21. The molecule has 5 nitrogen and oxygen atoms in total. The minimum Gasteiger partial charge on any atom is -0.279 e. The Hall–Kier alpha value is -0.280. The molecule has 0 bridgehead atoms. The van der Waals surface area contributed by atoms with Crippen molar-refractivity contribution in [3.63, 3.8) is 0 Å². The molecule has 0 fully saturated rings. The molecule has 2 rings (SSSR count). The molecule has 2 heterocycles. The number of aromatic nitrogens is 2. The molecule has 2 aromatic rings. The van der Waals surface area contributed by atoms with Crippen molar-refractivity contribution in [1.82, 2.24) is 14.1 Å². The highest BCUT2D eigenvalue weighted by Gasteiger charge is 2.27. The number of sulfonamides is 1. The van der Waals surface area contributed by atoms with Crippen LogP contribution in [0.2, 0.25) is 5.15 Å². The molecule has 0 spiro atoms. The minimum absolute atomic E-state index is 0.00121. The lowest BCUT2D eigenvalue weighted by molar-refractivity contribution is 0.566. The van der Waals surface area contributed by atoms with Crippen LogP contribution >= 0.6 is 34.7 Å². The van der Waals surface area contributed by atoms with Crippen LogP contribution in [0, 0.1) is 0 Å². The van der Waals surface area contributed by atoms with Gasteiger partial charge < -0.3 is 0 Å². The van der Waals surface area contributed by atoms with E-state index in [-0.39, 0.29) is 14.9 Å². The summed E-state index contributed by atoms with van der Waals surface area (Å²) in [4.78, 5) is 4.59. The van der Waals surface area contributed by atoms with Crippen molar-refractivity contribution in [3.05, 3.63) is 16.7 Å². The topological polar surface area (TPSA) is 63.5 Å². The monoisotopic (exact) mass is 339 g/mol. The van der Waals surface area contributed by atoms with Crippen LogP contribution < -0.4 is 4.72 Å². The first-order valence-electron chi connectivity index (χ1n) is 5.43. The SMILES string of the molecule is CSC(C)(C)CNS(=O)(=O)c1c(Cl)nc2sccn12. The van der Waals surface area contributed by atoms with E-state index in [0.717, 1.165) is 0 Å². The second kappa shape index (κ2) is 5.25. The van der Waals surface area contributed by atoms with Crippen LogP contribution in [0.25, 0.3) is 4.96 Å². The standard InChI is InChI=1S/C10H14ClN3O2S3/c1-10(2,17-3)6-12-19(15,16)8-7(11)13-9-14(8)4-5-18-9/h4-5,12H,6H2,1-3H3. The van der Waals surface area contributed by atoms with E-state index in [2.05, 4.69) is 9.71 Å². The predicted octanol–water partition coefficient (Wildman–Crippen LogP) is 2.47. The van der Waals surface area contributed by atoms with Gasteiger partial charge in [-0.1, -0.05) is 11.6 Å². The summed E-state index contributed by atoms with van der Waals surface area (Å²) in [5.41, 5.74) is 0. The van der Waals surface area contributed by atoms with Gasteiger partial charge in [-0.05, 0) is 20.1 Å². The van der Waals surface area contributed by atoms with Gasteiger partial charge in [-0.15, -0.1) is 11.3 Å². The zero-order valence-electron chi connectivity index (χ0n) is 10.7. The van der Waals surface area contributed by atoms with E-state index in [0.29, 0.717) is 11.5 Å². The van der Waals surface area contributed by atoms with Gasteiger partial charge in [0.25, 0.3) is 10.0 Å². The summed E-state index contributed by atoms with van der Waals surface area (Å²) in [5.74, 6) is 0. The summed E-state index contributed by atoms with van der Waals surface area (Å²) in [6.45, 7) is 4.26. The normalized spacial score (nSPS) is 13.3. The molecule has 0 aliphatic heterocycles. The molecule has 2 aromatic heterocycles. The minimum atomic E-state index is -3.68. The average molecular weight is 340 g/mol. The number of imidazole rings is 1. The lowest BCUT2D eigenvalue weighted by Crippen LogP contribution is -2.36. The summed E-state index contributed by atoms with van der Waals surface area (Å²) >= 11 is 8.86. The molecule has 0 saturated heterocycles. The van der Waals surface area contributed by atoms with Crippen molar-refractivity contribution >= 4 is 49.7 Å². The van der Waals surface area contributed by atoms with E-state index in [1.54, 1.807) is 23.3 Å². The fourth-order valence-corrected chi connectivity index (χ4v) is 4.36. The van der Waals surface area contributed by atoms with Gasteiger partial charge in [-0.3, -0.25) is 4.40 Å². The van der Waals surface area contributed by atoms with Crippen LogP contribution in [0.1, 0.15) is 13.8 Å². The number of thioether (sulfide) groups is 1. The van der Waals surface area contributed by atoms with Gasteiger partial charge in [0.2, 0.25) is 0 Å². The van der Waals surface area contributed by atoms with Crippen molar-refractivity contribution in [2.75, 3.05) is 12.8 Å². The Morgan fingerprint density at radius 3 is 2.89 bits per heavy atom. The van der Waals surface area contributed by atoms with Crippen LogP contribution in [0.4, 0.5) is 0 Å². The molecule has 9 heteroatoms. The van der Waals surface area contributed by atoms with E-state index in [9.17, 15) is 8.42 Å². The van der Waals surface area contributed by atoms with Crippen molar-refractivity contribution in [2.45, 2.75) is 23.6 Å². The Morgan fingerprint density at radius 2 is 2.26 bits per heavy atom. The highest BCUT2D eigenvalue weighted by atomic mass is 35.5. The van der Waals surface area contributed by atoms with E-state index in [1.807, 2.05) is 20.1 Å². The van der Waals surface area contributed by atoms with E-state index < -0.39 is 10.0 Å². The fourth-order valence-electron chi connectivity index (χ4n) is 1.39. The number of hydrogen-bond donors (Lipinski definition) is 1. The smallest absolute Gasteiger partial charge is 0.259 e. The fraction of sp³-hybridized carbons (Fsp3) is 0.500. The van der Waals surface area contributed by atoms with Gasteiger partial charge in [0.1, 0.15) is 0 Å². The third-order valence-electron chi connectivity index (χ3n) is 2.67. The van der Waals surface area contributed by atoms with Crippen LogP contribution in [-0.4, -0.2) is 35.4 Å². The molecule has 0 amide bonds. The summed E-state index contributed by atoms with van der Waals surface area (Å²) < 4.78 is 28.5. The second-order valence-electron chi connectivity index (χ2n) is 4.55. The zero-order valence-corrected chi connectivity index (χ0v) is 13.9. The molecule has 0 aliphatic carbocycles. The van der Waals surface area contributed by atoms with Crippen molar-refractivity contribution in [3.8, 4) is 0 Å². The molecule has 0 atom stereocenters. The number of thiazole rings is 1. The Morgan fingerprint density at radius 1 is 1.58 bits per heavy atom. The summed E-state index contributed by atoms with van der Waals surface area (Å²) in [7, 11) is -3.68. The predicted molar refractivity (Wildman–Crippen MR) is 80.9 cm³/mol. The first kappa shape index (κ1) is 15.1. The highest BCUT2D eigenvalue weighted by Crippen LogP contribution is 2.26. The maximum atomic E-state index is 12.3. The third kappa shape index (κ3) is 3.08. The summed E-state index contributed by atoms with van der Waals surface area (Å²) in [6.07, 6.45) is 3.59. The van der Waals surface area contributed by atoms with Crippen LogP contribution in [0.3, 0.4) is 0 Å². The van der Waals surface area contributed by atoms with E-state index in [1.165, 1.54) is 15.7 Å². The molecule has 0 aromatic carbocycles. The van der Waals surface area contributed by atoms with Gasteiger partial charge in [0, 0.05) is 22.9 Å². The zero-order chi connectivity index (χ0) is 14.3. The lowest BCUT2D eigenvalue weighted by atomic mass is 10.2. The Bertz CT molecular complexity index is 690. The molecule has 0 aliphatic rings. The molecule has 0 radical (unpaired) electrons. The maximum Gasteiger partial charge on any atom is 0.259 e. The molecule has 106 valence electrons. The van der Waals surface area contributed by atoms with Gasteiger partial charge >= 0.3 is 0 Å². The highest BCUT2D eigenvalue weighted by molar-refractivity contribution is 8.00. The number of nitrogens with one attached hydrogen (secondary N) is 1. The second-order valence-corrected chi connectivity index (χ2v) is 8.98. The molecule has 1 N–H and O–H groups in total. The van der Waals surface area contributed by atoms with Gasteiger partial charge in [0.05, 0.1) is 0 Å². The first-order valence-corrected chi connectivity index (χ1v) is 9.39. The largest absolute Gasteiger partial charge is 0.279 e. The molecular weight excluding hydrogens is 326 g/mol. The van der Waals surface area contributed by atoms with Crippen molar-refractivity contribution in [1.29, 1.82) is 0 Å². The Kier molecular flexibility index (Phi) is 4.18. The van der Waals surface area contributed by atoms with Crippen LogP contribution in [0.15, 0.2) is 16.6 Å². The number of fused-ring (bicyclic) bond motifs is 1. The molecule has 19 heavy (non-hydrogen) atoms. The van der Waals surface area contributed by atoms with E-state index >= 15 is 0 Å². The van der Waals surface area contributed by atoms with Gasteiger partial charge in [-0.25, -0.2) is 18.1 Å². The van der Waals surface area contributed by atoms with E-state index in [4.69, 9.17) is 11.6 Å². The Balaban J connectivity index is 2.34. The van der Waals surface area contributed by atoms with Crippen LogP contribution in [0.5, 0.6) is 0 Å². The number of halogens is 1. The van der Waals surface area contributed by atoms with Gasteiger partial charge in [0.15, 0.2) is 15.1 Å². The van der Waals surface area contributed by atoms with Crippen molar-refractivity contribution < 1.29 is 8.42 Å². The van der Waals surface area contributed by atoms with Gasteiger partial charge in [-0.2, -0.15) is 11.8 Å². The number of hydrogen-bond acceptors (Lipinski definition) is 5. The number of rotatable bonds is 5. The quantitative estimate of drug-likeness (QED) is 0.909. The summed E-state index contributed by atoms with van der Waals surface area (Å²) in [6, 6.07) is 0. The van der Waals surface area contributed by atoms with Crippen molar-refractivity contribution in [2.24, 2.45) is 0 Å². The number of nitrogens with zero attached hydrogens (tertiary/aromatic N) is 2. The molecule has 0 saturated carbocycles. The first-order chi connectivity index (χ1) is 8.77. The average Bonchev–Trinajstić information content (AvgIpc) is 2.86. The van der Waals surface area contributed by atoms with Crippen LogP contribution in [-0.2, 0) is 10.0 Å². The third-order valence-corrected chi connectivity index (χ3v) is 6.48. The summed E-state index contributed by atoms with van der Waals surface area (Å²) in [5, 5.41) is 1.77.